The van der Waals surface area contributed by atoms with Crippen LogP contribution in [-0.2, 0) is 6.18 Å². The lowest BCUT2D eigenvalue weighted by molar-refractivity contribution is -0.137. The molecule has 100 valence electrons. The monoisotopic (exact) mass is 398 g/mol. The van der Waals surface area contributed by atoms with Crippen LogP contribution in [0, 0.1) is 3.57 Å². The van der Waals surface area contributed by atoms with E-state index in [2.05, 4.69) is 22.6 Å². The predicted molar refractivity (Wildman–Crippen MR) is 75.7 cm³/mol. The number of halogens is 5. The largest absolute Gasteiger partial charge is 0.457 e. The van der Waals surface area contributed by atoms with Crippen LogP contribution in [0.2, 0.25) is 5.02 Å². The molecule has 2 aromatic rings. The molecular formula is C13H7ClF3IO. The summed E-state index contributed by atoms with van der Waals surface area (Å²) >= 11 is 7.65. The van der Waals surface area contributed by atoms with Gasteiger partial charge in [0.15, 0.2) is 0 Å². The molecule has 0 unspecified atom stereocenters. The van der Waals surface area contributed by atoms with Gasteiger partial charge in [-0.2, -0.15) is 13.2 Å². The van der Waals surface area contributed by atoms with E-state index in [1.807, 2.05) is 0 Å². The second-order valence-corrected chi connectivity index (χ2v) is 5.35. The second-order valence-electron chi connectivity index (χ2n) is 3.70. The van der Waals surface area contributed by atoms with Gasteiger partial charge in [0, 0.05) is 3.57 Å². The van der Waals surface area contributed by atoms with Crippen LogP contribution >= 0.6 is 34.2 Å². The fraction of sp³-hybridized carbons (Fsp3) is 0.0769. The minimum atomic E-state index is -4.50. The highest BCUT2D eigenvalue weighted by Gasteiger charge is 2.33. The van der Waals surface area contributed by atoms with Crippen molar-refractivity contribution in [2.24, 2.45) is 0 Å². The molecule has 0 spiro atoms. The van der Waals surface area contributed by atoms with Crippen molar-refractivity contribution in [3.63, 3.8) is 0 Å². The van der Waals surface area contributed by atoms with Crippen molar-refractivity contribution < 1.29 is 17.9 Å². The SMILES string of the molecule is FC(F)(F)c1cc(Oc2ccc(I)cc2)ccc1Cl. The van der Waals surface area contributed by atoms with Gasteiger partial charge in [-0.3, -0.25) is 0 Å². The van der Waals surface area contributed by atoms with Gasteiger partial charge >= 0.3 is 6.18 Å². The second kappa shape index (κ2) is 5.58. The Hall–Kier alpha value is -0.950. The first kappa shape index (κ1) is 14.5. The van der Waals surface area contributed by atoms with E-state index in [-0.39, 0.29) is 10.8 Å². The minimum Gasteiger partial charge on any atom is -0.457 e. The maximum Gasteiger partial charge on any atom is 0.417 e. The molecule has 0 aliphatic rings. The molecule has 2 rings (SSSR count). The van der Waals surface area contributed by atoms with Crippen LogP contribution in [0.1, 0.15) is 5.56 Å². The third-order valence-electron chi connectivity index (χ3n) is 2.29. The van der Waals surface area contributed by atoms with Crippen LogP contribution in [0.25, 0.3) is 0 Å². The summed E-state index contributed by atoms with van der Waals surface area (Å²) in [5.41, 5.74) is -0.905. The highest BCUT2D eigenvalue weighted by Crippen LogP contribution is 2.37. The predicted octanol–water partition coefficient (Wildman–Crippen LogP) is 5.76. The van der Waals surface area contributed by atoms with E-state index in [0.717, 1.165) is 9.64 Å². The lowest BCUT2D eigenvalue weighted by Gasteiger charge is -2.11. The molecule has 1 nitrogen and oxygen atoms in total. The molecule has 0 aliphatic carbocycles. The van der Waals surface area contributed by atoms with E-state index in [1.165, 1.54) is 12.1 Å². The molecule has 0 N–H and O–H groups in total. The van der Waals surface area contributed by atoms with Crippen LogP contribution in [0.3, 0.4) is 0 Å². The molecule has 0 aliphatic heterocycles. The molecule has 0 fully saturated rings. The number of rotatable bonds is 2. The smallest absolute Gasteiger partial charge is 0.417 e. The molecule has 0 amide bonds. The summed E-state index contributed by atoms with van der Waals surface area (Å²) in [6, 6.07) is 10.4. The Bertz CT molecular complexity index is 581. The molecule has 0 atom stereocenters. The Morgan fingerprint density at radius 2 is 1.53 bits per heavy atom. The van der Waals surface area contributed by atoms with Crippen molar-refractivity contribution in [3.05, 3.63) is 56.6 Å². The lowest BCUT2D eigenvalue weighted by Crippen LogP contribution is -2.05. The topological polar surface area (TPSA) is 9.23 Å². The van der Waals surface area contributed by atoms with Gasteiger partial charge in [0.1, 0.15) is 11.5 Å². The fourth-order valence-corrected chi connectivity index (χ4v) is 2.01. The molecule has 0 heterocycles. The summed E-state index contributed by atoms with van der Waals surface area (Å²) in [6.45, 7) is 0. The van der Waals surface area contributed by atoms with Crippen LogP contribution in [0.15, 0.2) is 42.5 Å². The van der Waals surface area contributed by atoms with Gasteiger partial charge in [0.05, 0.1) is 10.6 Å². The van der Waals surface area contributed by atoms with E-state index in [1.54, 1.807) is 24.3 Å². The molecule has 0 saturated carbocycles. The molecular weight excluding hydrogens is 391 g/mol. The maximum absolute atomic E-state index is 12.7. The maximum atomic E-state index is 12.7. The van der Waals surface area contributed by atoms with Gasteiger partial charge in [-0.25, -0.2) is 0 Å². The first-order valence-electron chi connectivity index (χ1n) is 5.16. The van der Waals surface area contributed by atoms with Crippen molar-refractivity contribution in [2.45, 2.75) is 6.18 Å². The number of hydrogen-bond acceptors (Lipinski definition) is 1. The molecule has 19 heavy (non-hydrogen) atoms. The average Bonchev–Trinajstić information content (AvgIpc) is 2.33. The van der Waals surface area contributed by atoms with Gasteiger partial charge in [-0.15, -0.1) is 0 Å². The van der Waals surface area contributed by atoms with Crippen LogP contribution < -0.4 is 4.74 Å². The van der Waals surface area contributed by atoms with Gasteiger partial charge < -0.3 is 4.74 Å². The first-order valence-corrected chi connectivity index (χ1v) is 6.62. The Morgan fingerprint density at radius 1 is 0.947 bits per heavy atom. The third kappa shape index (κ3) is 3.76. The van der Waals surface area contributed by atoms with E-state index < -0.39 is 11.7 Å². The van der Waals surface area contributed by atoms with Gasteiger partial charge in [-0.05, 0) is 65.1 Å². The standard InChI is InChI=1S/C13H7ClF3IO/c14-12-6-5-10(7-11(12)13(15,16)17)19-9-3-1-8(18)2-4-9/h1-7H. The summed E-state index contributed by atoms with van der Waals surface area (Å²) in [7, 11) is 0. The molecule has 2 aromatic carbocycles. The zero-order valence-corrected chi connectivity index (χ0v) is 12.3. The Balaban J connectivity index is 2.29. The Morgan fingerprint density at radius 3 is 2.11 bits per heavy atom. The molecule has 0 saturated heterocycles. The Labute approximate surface area is 126 Å². The number of hydrogen-bond donors (Lipinski definition) is 0. The van der Waals surface area contributed by atoms with E-state index in [9.17, 15) is 13.2 Å². The molecule has 0 bridgehead atoms. The van der Waals surface area contributed by atoms with Crippen LogP contribution in [0.5, 0.6) is 11.5 Å². The van der Waals surface area contributed by atoms with Gasteiger partial charge in [-0.1, -0.05) is 11.6 Å². The number of alkyl halides is 3. The average molecular weight is 399 g/mol. The quantitative estimate of drug-likeness (QED) is 0.585. The van der Waals surface area contributed by atoms with E-state index >= 15 is 0 Å². The van der Waals surface area contributed by atoms with Crippen molar-refractivity contribution in [3.8, 4) is 11.5 Å². The highest BCUT2D eigenvalue weighted by molar-refractivity contribution is 14.1. The summed E-state index contributed by atoms with van der Waals surface area (Å²) < 4.78 is 44.4. The highest BCUT2D eigenvalue weighted by atomic mass is 127. The normalized spacial score (nSPS) is 11.4. The Kier molecular flexibility index (Phi) is 4.25. The summed E-state index contributed by atoms with van der Waals surface area (Å²) in [5.74, 6) is 0.564. The van der Waals surface area contributed by atoms with Crippen LogP contribution in [-0.4, -0.2) is 0 Å². The van der Waals surface area contributed by atoms with Crippen molar-refractivity contribution >= 4 is 34.2 Å². The van der Waals surface area contributed by atoms with Crippen molar-refractivity contribution in [1.29, 1.82) is 0 Å². The van der Waals surface area contributed by atoms with Crippen molar-refractivity contribution in [1.82, 2.24) is 0 Å². The van der Waals surface area contributed by atoms with Crippen LogP contribution in [0.4, 0.5) is 13.2 Å². The fourth-order valence-electron chi connectivity index (χ4n) is 1.42. The molecule has 6 heteroatoms. The summed E-state index contributed by atoms with van der Waals surface area (Å²) in [6.07, 6.45) is -4.50. The van der Waals surface area contributed by atoms with Crippen molar-refractivity contribution in [2.75, 3.05) is 0 Å². The minimum absolute atomic E-state index is 0.0953. The molecule has 0 radical (unpaired) electrons. The van der Waals surface area contributed by atoms with E-state index in [4.69, 9.17) is 16.3 Å². The zero-order valence-electron chi connectivity index (χ0n) is 9.34. The first-order chi connectivity index (χ1) is 8.86. The molecule has 0 aromatic heterocycles. The lowest BCUT2D eigenvalue weighted by atomic mass is 10.2. The number of benzene rings is 2. The summed E-state index contributed by atoms with van der Waals surface area (Å²) in [4.78, 5) is 0. The third-order valence-corrected chi connectivity index (χ3v) is 3.34. The van der Waals surface area contributed by atoms with Gasteiger partial charge in [0.2, 0.25) is 0 Å². The summed E-state index contributed by atoms with van der Waals surface area (Å²) in [5, 5.41) is -0.345. The zero-order chi connectivity index (χ0) is 14.0. The van der Waals surface area contributed by atoms with Gasteiger partial charge in [0.25, 0.3) is 0 Å². The van der Waals surface area contributed by atoms with E-state index in [0.29, 0.717) is 5.75 Å². The number of ether oxygens (including phenoxy) is 1.